The molecule has 10 heteroatoms. The van der Waals surface area contributed by atoms with Crippen LogP contribution in [-0.2, 0) is 24.8 Å². The summed E-state index contributed by atoms with van der Waals surface area (Å²) in [5.41, 5.74) is 0.131. The quantitative estimate of drug-likeness (QED) is 0.264. The molecule has 0 amide bonds. The van der Waals surface area contributed by atoms with Crippen LogP contribution in [0.4, 0.5) is 13.2 Å². The van der Waals surface area contributed by atoms with Crippen molar-refractivity contribution in [3.8, 4) is 5.75 Å². The number of hydrogen-bond acceptors (Lipinski definition) is 6. The van der Waals surface area contributed by atoms with E-state index in [4.69, 9.17) is 9.15 Å². The molecule has 0 aliphatic heterocycles. The van der Waals surface area contributed by atoms with E-state index in [0.29, 0.717) is 36.8 Å². The molecule has 0 aliphatic rings. The van der Waals surface area contributed by atoms with E-state index >= 15 is 0 Å². The SMILES string of the molecule is CCOc1ccc(CN(Cc2ccco2)C(c2cccc(C(F)(F)F)c2)c2nnnn2C(C)(C)C)cc1. The van der Waals surface area contributed by atoms with Gasteiger partial charge in [-0.2, -0.15) is 13.2 Å². The number of alkyl halides is 3. The zero-order valence-corrected chi connectivity index (χ0v) is 21.2. The Hall–Kier alpha value is -3.66. The molecule has 1 unspecified atom stereocenters. The fraction of sp³-hybridized carbons (Fsp3) is 0.370. The van der Waals surface area contributed by atoms with Crippen molar-refractivity contribution >= 4 is 0 Å². The minimum Gasteiger partial charge on any atom is -0.494 e. The van der Waals surface area contributed by atoms with Gasteiger partial charge in [-0.3, -0.25) is 4.90 Å². The molecule has 37 heavy (non-hydrogen) atoms. The standard InChI is InChI=1S/C27H30F3N5O2/c1-5-36-22-13-11-19(12-14-22)17-34(18-23-10-7-15-37-23)24(25-31-32-33-35(25)26(2,3)4)20-8-6-9-21(16-20)27(28,29)30/h6-16,24H,5,17-18H2,1-4H3. The molecule has 0 radical (unpaired) electrons. The number of furan rings is 1. The molecular formula is C27H30F3N5O2. The average Bonchev–Trinajstić information content (AvgIpc) is 3.53. The van der Waals surface area contributed by atoms with Crippen LogP contribution >= 0.6 is 0 Å². The van der Waals surface area contributed by atoms with Crippen molar-refractivity contribution in [1.82, 2.24) is 25.1 Å². The van der Waals surface area contributed by atoms with Crippen molar-refractivity contribution in [2.24, 2.45) is 0 Å². The van der Waals surface area contributed by atoms with Crippen LogP contribution < -0.4 is 4.74 Å². The van der Waals surface area contributed by atoms with Gasteiger partial charge in [-0.05, 0) is 85.6 Å². The van der Waals surface area contributed by atoms with Crippen LogP contribution in [0.1, 0.15) is 62.0 Å². The predicted octanol–water partition coefficient (Wildman–Crippen LogP) is 6.23. The third-order valence-corrected chi connectivity index (χ3v) is 5.83. The Kier molecular flexibility index (Phi) is 7.68. The van der Waals surface area contributed by atoms with E-state index in [1.807, 2.05) is 62.9 Å². The topological polar surface area (TPSA) is 69.2 Å². The Balaban J connectivity index is 1.84. The first-order valence-corrected chi connectivity index (χ1v) is 12.0. The normalized spacial score (nSPS) is 13.2. The van der Waals surface area contributed by atoms with Gasteiger partial charge in [0.1, 0.15) is 11.5 Å². The second-order valence-electron chi connectivity index (χ2n) is 9.71. The van der Waals surface area contributed by atoms with Gasteiger partial charge in [0.25, 0.3) is 0 Å². The molecule has 0 aliphatic carbocycles. The van der Waals surface area contributed by atoms with Gasteiger partial charge < -0.3 is 9.15 Å². The fourth-order valence-corrected chi connectivity index (χ4v) is 4.18. The molecule has 2 aromatic carbocycles. The minimum absolute atomic E-state index is 0.318. The summed E-state index contributed by atoms with van der Waals surface area (Å²) in [6, 6.07) is 15.9. The van der Waals surface area contributed by atoms with Crippen molar-refractivity contribution in [2.45, 2.75) is 58.5 Å². The molecule has 2 heterocycles. The Morgan fingerprint density at radius 3 is 2.38 bits per heavy atom. The summed E-state index contributed by atoms with van der Waals surface area (Å²) in [6.07, 6.45) is -2.92. The predicted molar refractivity (Wildman–Crippen MR) is 132 cm³/mol. The van der Waals surface area contributed by atoms with Crippen LogP contribution in [0.5, 0.6) is 5.75 Å². The molecule has 0 spiro atoms. The van der Waals surface area contributed by atoms with E-state index in [0.717, 1.165) is 17.4 Å². The van der Waals surface area contributed by atoms with Crippen LogP contribution in [0.2, 0.25) is 0 Å². The van der Waals surface area contributed by atoms with Crippen molar-refractivity contribution in [3.05, 3.63) is 95.2 Å². The maximum Gasteiger partial charge on any atom is 0.416 e. The summed E-state index contributed by atoms with van der Waals surface area (Å²) in [6.45, 7) is 9.01. The van der Waals surface area contributed by atoms with Crippen molar-refractivity contribution in [2.75, 3.05) is 6.61 Å². The van der Waals surface area contributed by atoms with Crippen molar-refractivity contribution < 1.29 is 22.3 Å². The third kappa shape index (κ3) is 6.37. The van der Waals surface area contributed by atoms with E-state index in [2.05, 4.69) is 15.5 Å². The summed E-state index contributed by atoms with van der Waals surface area (Å²) in [7, 11) is 0. The molecule has 0 bridgehead atoms. The van der Waals surface area contributed by atoms with E-state index in [1.165, 1.54) is 12.1 Å². The molecule has 4 rings (SSSR count). The minimum atomic E-state index is -4.49. The summed E-state index contributed by atoms with van der Waals surface area (Å²) in [5, 5.41) is 12.4. The lowest BCUT2D eigenvalue weighted by Gasteiger charge is -2.33. The summed E-state index contributed by atoms with van der Waals surface area (Å²) in [5.74, 6) is 1.84. The van der Waals surface area contributed by atoms with E-state index in [-0.39, 0.29) is 0 Å². The Bertz CT molecular complexity index is 1280. The van der Waals surface area contributed by atoms with E-state index < -0.39 is 23.3 Å². The summed E-state index contributed by atoms with van der Waals surface area (Å²) < 4.78 is 54.0. The average molecular weight is 514 g/mol. The van der Waals surface area contributed by atoms with Crippen LogP contribution in [0.25, 0.3) is 0 Å². The van der Waals surface area contributed by atoms with Gasteiger partial charge in [0.15, 0.2) is 5.82 Å². The summed E-state index contributed by atoms with van der Waals surface area (Å²) >= 11 is 0. The molecule has 0 N–H and O–H groups in total. The summed E-state index contributed by atoms with van der Waals surface area (Å²) in [4.78, 5) is 2.01. The number of rotatable bonds is 9. The second kappa shape index (κ2) is 10.8. The molecule has 0 saturated heterocycles. The Labute approximate surface area is 213 Å². The number of aromatic nitrogens is 4. The monoisotopic (exact) mass is 513 g/mol. The Morgan fingerprint density at radius 2 is 1.76 bits per heavy atom. The molecule has 1 atom stereocenters. The highest BCUT2D eigenvalue weighted by atomic mass is 19.4. The maximum atomic E-state index is 13.7. The zero-order chi connectivity index (χ0) is 26.6. The molecule has 2 aromatic heterocycles. The van der Waals surface area contributed by atoms with E-state index in [9.17, 15) is 13.2 Å². The Morgan fingerprint density at radius 1 is 1.00 bits per heavy atom. The van der Waals surface area contributed by atoms with Gasteiger partial charge in [0, 0.05) is 6.54 Å². The highest BCUT2D eigenvalue weighted by molar-refractivity contribution is 5.33. The largest absolute Gasteiger partial charge is 0.494 e. The van der Waals surface area contributed by atoms with Gasteiger partial charge in [-0.15, -0.1) is 5.10 Å². The van der Waals surface area contributed by atoms with Gasteiger partial charge in [0.05, 0.1) is 36.6 Å². The number of hydrogen-bond donors (Lipinski definition) is 0. The number of halogens is 3. The van der Waals surface area contributed by atoms with Crippen molar-refractivity contribution in [3.63, 3.8) is 0 Å². The van der Waals surface area contributed by atoms with Gasteiger partial charge in [-0.25, -0.2) is 4.68 Å². The molecular weight excluding hydrogens is 483 g/mol. The third-order valence-electron chi connectivity index (χ3n) is 5.83. The van der Waals surface area contributed by atoms with Crippen LogP contribution in [0.15, 0.2) is 71.3 Å². The molecule has 4 aromatic rings. The number of tetrazole rings is 1. The lowest BCUT2D eigenvalue weighted by molar-refractivity contribution is -0.137. The number of nitrogens with zero attached hydrogens (tertiary/aromatic N) is 5. The smallest absolute Gasteiger partial charge is 0.416 e. The second-order valence-corrected chi connectivity index (χ2v) is 9.71. The van der Waals surface area contributed by atoms with Gasteiger partial charge in [-0.1, -0.05) is 24.3 Å². The molecule has 7 nitrogen and oxygen atoms in total. The number of ether oxygens (including phenoxy) is 1. The molecule has 196 valence electrons. The van der Waals surface area contributed by atoms with Gasteiger partial charge >= 0.3 is 6.18 Å². The highest BCUT2D eigenvalue weighted by Crippen LogP contribution is 2.36. The lowest BCUT2D eigenvalue weighted by atomic mass is 9.99. The van der Waals surface area contributed by atoms with Crippen LogP contribution in [0.3, 0.4) is 0 Å². The lowest BCUT2D eigenvalue weighted by Crippen LogP contribution is -2.35. The first kappa shape index (κ1) is 26.4. The first-order chi connectivity index (χ1) is 17.6. The highest BCUT2D eigenvalue weighted by Gasteiger charge is 2.35. The first-order valence-electron chi connectivity index (χ1n) is 12.0. The molecule has 0 fully saturated rings. The van der Waals surface area contributed by atoms with Crippen LogP contribution in [0, 0.1) is 0 Å². The van der Waals surface area contributed by atoms with Crippen LogP contribution in [-0.4, -0.2) is 31.7 Å². The fourth-order valence-electron chi connectivity index (χ4n) is 4.18. The maximum absolute atomic E-state index is 13.7. The van der Waals surface area contributed by atoms with Crippen molar-refractivity contribution in [1.29, 1.82) is 0 Å². The van der Waals surface area contributed by atoms with E-state index in [1.54, 1.807) is 23.1 Å². The number of benzene rings is 2. The van der Waals surface area contributed by atoms with Gasteiger partial charge in [0.2, 0.25) is 0 Å². The molecule has 0 saturated carbocycles. The zero-order valence-electron chi connectivity index (χ0n) is 21.2.